The third-order valence-corrected chi connectivity index (χ3v) is 2.83. The second-order valence-corrected chi connectivity index (χ2v) is 4.55. The zero-order chi connectivity index (χ0) is 12.0. The molecule has 0 heterocycles. The van der Waals surface area contributed by atoms with Gasteiger partial charge in [-0.25, -0.2) is 0 Å². The van der Waals surface area contributed by atoms with Crippen molar-refractivity contribution in [2.24, 2.45) is 0 Å². The average Bonchev–Trinajstić information content (AvgIpc) is 2.24. The van der Waals surface area contributed by atoms with Crippen LogP contribution in [0.15, 0.2) is 29.2 Å². The van der Waals surface area contributed by atoms with E-state index in [0.29, 0.717) is 12.8 Å². The highest BCUT2D eigenvalue weighted by Gasteiger charge is 2.07. The number of hydrogen-bond donors (Lipinski definition) is 2. The van der Waals surface area contributed by atoms with E-state index < -0.39 is 10.1 Å². The van der Waals surface area contributed by atoms with Gasteiger partial charge in [0.05, 0.1) is 4.90 Å². The van der Waals surface area contributed by atoms with E-state index in [1.54, 1.807) is 12.1 Å². The number of aliphatic hydroxyl groups excluding tert-OH is 1. The number of hydrogen-bond acceptors (Lipinski definition) is 3. The fraction of sp³-hybridized carbons (Fsp3) is 0.273. The molecule has 5 heteroatoms. The molecule has 16 heavy (non-hydrogen) atoms. The average molecular weight is 240 g/mol. The Bertz CT molecular complexity index is 491. The van der Waals surface area contributed by atoms with Gasteiger partial charge in [-0.05, 0) is 24.1 Å². The molecule has 0 radical (unpaired) electrons. The van der Waals surface area contributed by atoms with Crippen molar-refractivity contribution in [3.8, 4) is 11.8 Å². The summed E-state index contributed by atoms with van der Waals surface area (Å²) in [5.41, 5.74) is 0.930. The van der Waals surface area contributed by atoms with E-state index in [4.69, 9.17) is 9.66 Å². The molecule has 0 fully saturated rings. The van der Waals surface area contributed by atoms with Crippen LogP contribution in [-0.2, 0) is 16.5 Å². The van der Waals surface area contributed by atoms with Crippen molar-refractivity contribution >= 4 is 10.1 Å². The van der Waals surface area contributed by atoms with Crippen LogP contribution in [-0.4, -0.2) is 24.7 Å². The van der Waals surface area contributed by atoms with Crippen molar-refractivity contribution in [2.75, 3.05) is 6.61 Å². The van der Waals surface area contributed by atoms with Crippen LogP contribution in [0.5, 0.6) is 0 Å². The van der Waals surface area contributed by atoms with Crippen LogP contribution in [0.4, 0.5) is 0 Å². The van der Waals surface area contributed by atoms with Gasteiger partial charge in [-0.3, -0.25) is 4.55 Å². The molecule has 0 aliphatic rings. The first-order chi connectivity index (χ1) is 7.54. The normalized spacial score (nSPS) is 10.6. The summed E-state index contributed by atoms with van der Waals surface area (Å²) in [5.74, 6) is 5.28. The largest absolute Gasteiger partial charge is 0.384 e. The molecule has 1 rings (SSSR count). The van der Waals surface area contributed by atoms with Crippen LogP contribution in [0, 0.1) is 11.8 Å². The number of aryl methyl sites for hydroxylation is 1. The highest BCUT2D eigenvalue weighted by atomic mass is 32.2. The number of rotatable bonds is 3. The molecule has 4 nitrogen and oxygen atoms in total. The lowest BCUT2D eigenvalue weighted by atomic mass is 10.1. The zero-order valence-corrected chi connectivity index (χ0v) is 9.37. The summed E-state index contributed by atoms with van der Waals surface area (Å²) in [7, 11) is -4.11. The smallest absolute Gasteiger partial charge is 0.294 e. The van der Waals surface area contributed by atoms with Gasteiger partial charge < -0.3 is 5.11 Å². The molecule has 0 aromatic heterocycles. The minimum atomic E-state index is -4.11. The quantitative estimate of drug-likeness (QED) is 0.607. The van der Waals surface area contributed by atoms with E-state index in [2.05, 4.69) is 11.8 Å². The van der Waals surface area contributed by atoms with Gasteiger partial charge in [0.15, 0.2) is 0 Å². The molecular weight excluding hydrogens is 228 g/mol. The van der Waals surface area contributed by atoms with Gasteiger partial charge in [-0.15, -0.1) is 5.92 Å². The minimum absolute atomic E-state index is 0.113. The van der Waals surface area contributed by atoms with Crippen LogP contribution in [0.2, 0.25) is 0 Å². The zero-order valence-electron chi connectivity index (χ0n) is 8.55. The fourth-order valence-electron chi connectivity index (χ4n) is 1.18. The first kappa shape index (κ1) is 12.7. The van der Waals surface area contributed by atoms with Crippen molar-refractivity contribution in [1.29, 1.82) is 0 Å². The van der Waals surface area contributed by atoms with Crippen LogP contribution in [0.1, 0.15) is 12.0 Å². The van der Waals surface area contributed by atoms with Crippen LogP contribution in [0.25, 0.3) is 0 Å². The molecule has 0 unspecified atom stereocenters. The van der Waals surface area contributed by atoms with Gasteiger partial charge >= 0.3 is 0 Å². The fourth-order valence-corrected chi connectivity index (χ4v) is 1.66. The number of benzene rings is 1. The summed E-state index contributed by atoms with van der Waals surface area (Å²) >= 11 is 0. The van der Waals surface area contributed by atoms with Crippen molar-refractivity contribution in [1.82, 2.24) is 0 Å². The maximum absolute atomic E-state index is 10.7. The van der Waals surface area contributed by atoms with Gasteiger partial charge in [-0.2, -0.15) is 8.42 Å². The first-order valence-electron chi connectivity index (χ1n) is 4.67. The minimum Gasteiger partial charge on any atom is -0.384 e. The van der Waals surface area contributed by atoms with Crippen molar-refractivity contribution in [3.05, 3.63) is 29.8 Å². The molecule has 0 spiro atoms. The van der Waals surface area contributed by atoms with E-state index in [1.807, 2.05) is 0 Å². The van der Waals surface area contributed by atoms with Crippen molar-refractivity contribution in [3.63, 3.8) is 0 Å². The summed E-state index contributed by atoms with van der Waals surface area (Å²) < 4.78 is 30.2. The number of aliphatic hydroxyl groups is 1. The van der Waals surface area contributed by atoms with Crippen molar-refractivity contribution < 1.29 is 18.1 Å². The van der Waals surface area contributed by atoms with E-state index in [-0.39, 0.29) is 11.5 Å². The molecule has 1 aromatic carbocycles. The van der Waals surface area contributed by atoms with E-state index in [9.17, 15) is 8.42 Å². The van der Waals surface area contributed by atoms with E-state index >= 15 is 0 Å². The van der Waals surface area contributed by atoms with Gasteiger partial charge in [0, 0.05) is 6.42 Å². The molecule has 1 aromatic rings. The first-order valence-corrected chi connectivity index (χ1v) is 6.11. The van der Waals surface area contributed by atoms with Crippen LogP contribution >= 0.6 is 0 Å². The molecule has 0 bridgehead atoms. The molecule has 2 N–H and O–H groups in total. The lowest BCUT2D eigenvalue weighted by Gasteiger charge is -1.99. The maximum atomic E-state index is 10.7. The maximum Gasteiger partial charge on any atom is 0.294 e. The lowest BCUT2D eigenvalue weighted by molar-refractivity contribution is 0.350. The Labute approximate surface area is 94.7 Å². The summed E-state index contributed by atoms with van der Waals surface area (Å²) in [6, 6.07) is 5.96. The Hall–Kier alpha value is -1.35. The summed E-state index contributed by atoms with van der Waals surface area (Å²) in [5, 5.41) is 8.42. The lowest BCUT2D eigenvalue weighted by Crippen LogP contribution is -1.97. The van der Waals surface area contributed by atoms with Crippen LogP contribution in [0.3, 0.4) is 0 Å². The van der Waals surface area contributed by atoms with Crippen LogP contribution < -0.4 is 0 Å². The Morgan fingerprint density at radius 3 is 2.25 bits per heavy atom. The molecule has 0 saturated carbocycles. The topological polar surface area (TPSA) is 74.6 Å². The summed E-state index contributed by atoms with van der Waals surface area (Å²) in [6.45, 7) is -0.151. The predicted molar refractivity (Wildman–Crippen MR) is 59.4 cm³/mol. The Morgan fingerprint density at radius 2 is 1.75 bits per heavy atom. The SMILES string of the molecule is O=S(=O)(O)c1ccc(CCC#CCO)cc1. The molecule has 0 saturated heterocycles. The molecule has 0 amide bonds. The Kier molecular flexibility index (Phi) is 4.50. The molecule has 86 valence electrons. The third-order valence-electron chi connectivity index (χ3n) is 1.96. The second-order valence-electron chi connectivity index (χ2n) is 3.13. The second kappa shape index (κ2) is 5.66. The molecule has 0 atom stereocenters. The summed E-state index contributed by atoms with van der Waals surface area (Å²) in [6.07, 6.45) is 1.28. The molecular formula is C11H12O4S. The van der Waals surface area contributed by atoms with Crippen molar-refractivity contribution in [2.45, 2.75) is 17.7 Å². The Morgan fingerprint density at radius 1 is 1.12 bits per heavy atom. The molecule has 0 aliphatic heterocycles. The van der Waals surface area contributed by atoms with Gasteiger partial charge in [0.2, 0.25) is 0 Å². The van der Waals surface area contributed by atoms with E-state index in [1.165, 1.54) is 12.1 Å². The van der Waals surface area contributed by atoms with Gasteiger partial charge in [-0.1, -0.05) is 18.1 Å². The standard InChI is InChI=1S/C11H12O4S/c12-9-3-1-2-4-10-5-7-11(8-6-10)16(13,14)15/h5-8,12H,2,4,9H2,(H,13,14,15). The van der Waals surface area contributed by atoms with E-state index in [0.717, 1.165) is 5.56 Å². The Balaban J connectivity index is 2.66. The summed E-state index contributed by atoms with van der Waals surface area (Å²) in [4.78, 5) is -0.113. The molecule has 0 aliphatic carbocycles. The predicted octanol–water partition coefficient (Wildman–Crippen LogP) is 0.862. The monoisotopic (exact) mass is 240 g/mol. The highest BCUT2D eigenvalue weighted by Crippen LogP contribution is 2.11. The highest BCUT2D eigenvalue weighted by molar-refractivity contribution is 7.85. The van der Waals surface area contributed by atoms with Gasteiger partial charge in [0.25, 0.3) is 10.1 Å². The van der Waals surface area contributed by atoms with Gasteiger partial charge in [0.1, 0.15) is 6.61 Å². The third kappa shape index (κ3) is 4.03.